The number of amides is 1. The molecule has 0 atom stereocenters. The molecule has 1 N–H and O–H groups in total. The second-order valence-electron chi connectivity index (χ2n) is 7.69. The molecule has 29 heavy (non-hydrogen) atoms. The zero-order valence-corrected chi connectivity index (χ0v) is 18.3. The maximum atomic E-state index is 13.0. The summed E-state index contributed by atoms with van der Waals surface area (Å²) in [6, 6.07) is 8.36. The first-order chi connectivity index (χ1) is 13.9. The summed E-state index contributed by atoms with van der Waals surface area (Å²) < 4.78 is 0. The van der Waals surface area contributed by atoms with E-state index in [2.05, 4.69) is 50.3 Å². The molecule has 3 aromatic rings. The minimum Gasteiger partial charge on any atom is -0.369 e. The van der Waals surface area contributed by atoms with E-state index in [9.17, 15) is 4.79 Å². The van der Waals surface area contributed by atoms with Crippen LogP contribution in [-0.2, 0) is 6.54 Å². The van der Waals surface area contributed by atoms with E-state index in [0.717, 1.165) is 63.9 Å². The van der Waals surface area contributed by atoms with Gasteiger partial charge in [0.05, 0.1) is 4.88 Å². The Morgan fingerprint density at radius 1 is 1.10 bits per heavy atom. The van der Waals surface area contributed by atoms with Crippen molar-refractivity contribution in [2.24, 2.45) is 0 Å². The van der Waals surface area contributed by atoms with Crippen LogP contribution in [0.15, 0.2) is 24.3 Å². The van der Waals surface area contributed by atoms with Crippen molar-refractivity contribution in [3.05, 3.63) is 51.8 Å². The number of nitrogens with zero attached hydrogens (tertiary/aromatic N) is 4. The van der Waals surface area contributed by atoms with Crippen LogP contribution in [0.2, 0.25) is 0 Å². The SMILES string of the molecule is Cc1nc(C)c2c(C)c(C(=O)NCc3ccccc3N3CCN(C)CC3)sc2n1. The van der Waals surface area contributed by atoms with Crippen LogP contribution in [0.25, 0.3) is 10.2 Å². The highest BCUT2D eigenvalue weighted by Crippen LogP contribution is 2.31. The average molecular weight is 410 g/mol. The van der Waals surface area contributed by atoms with Crippen molar-refractivity contribution in [3.8, 4) is 0 Å². The van der Waals surface area contributed by atoms with Crippen molar-refractivity contribution >= 4 is 33.1 Å². The minimum absolute atomic E-state index is 0.0456. The highest BCUT2D eigenvalue weighted by Gasteiger charge is 2.20. The highest BCUT2D eigenvalue weighted by molar-refractivity contribution is 7.20. The van der Waals surface area contributed by atoms with Gasteiger partial charge in [0.25, 0.3) is 5.91 Å². The van der Waals surface area contributed by atoms with Crippen LogP contribution in [0, 0.1) is 20.8 Å². The molecule has 1 amide bonds. The van der Waals surface area contributed by atoms with Gasteiger partial charge < -0.3 is 15.1 Å². The number of anilines is 1. The number of aryl methyl sites for hydroxylation is 3. The summed E-state index contributed by atoms with van der Waals surface area (Å²) in [5.41, 5.74) is 4.26. The molecule has 1 fully saturated rings. The number of fused-ring (bicyclic) bond motifs is 1. The molecule has 0 unspecified atom stereocenters. The molecular formula is C22H27N5OS. The van der Waals surface area contributed by atoms with E-state index in [1.807, 2.05) is 26.8 Å². The largest absolute Gasteiger partial charge is 0.369 e. The van der Waals surface area contributed by atoms with Crippen molar-refractivity contribution in [1.29, 1.82) is 0 Å². The summed E-state index contributed by atoms with van der Waals surface area (Å²) in [7, 11) is 2.16. The lowest BCUT2D eigenvalue weighted by Crippen LogP contribution is -2.45. The average Bonchev–Trinajstić information content (AvgIpc) is 3.03. The lowest BCUT2D eigenvalue weighted by atomic mass is 10.1. The second kappa shape index (κ2) is 8.08. The van der Waals surface area contributed by atoms with Gasteiger partial charge in [-0.05, 0) is 45.0 Å². The predicted octanol–water partition coefficient (Wildman–Crippen LogP) is 3.30. The van der Waals surface area contributed by atoms with Crippen LogP contribution >= 0.6 is 11.3 Å². The zero-order valence-electron chi connectivity index (χ0n) is 17.5. The number of nitrogens with one attached hydrogen (secondary N) is 1. The van der Waals surface area contributed by atoms with Crippen molar-refractivity contribution in [1.82, 2.24) is 20.2 Å². The second-order valence-corrected chi connectivity index (χ2v) is 8.69. The van der Waals surface area contributed by atoms with E-state index in [1.54, 1.807) is 0 Å². The Bertz CT molecular complexity index is 1050. The first-order valence-corrected chi connectivity index (χ1v) is 10.8. The Hall–Kier alpha value is -2.51. The van der Waals surface area contributed by atoms with Gasteiger partial charge in [-0.3, -0.25) is 4.79 Å². The van der Waals surface area contributed by atoms with E-state index in [1.165, 1.54) is 17.0 Å². The number of carbonyl (C=O) groups is 1. The van der Waals surface area contributed by atoms with Gasteiger partial charge in [-0.1, -0.05) is 18.2 Å². The fraction of sp³-hybridized carbons (Fsp3) is 0.409. The molecular weight excluding hydrogens is 382 g/mol. The number of aromatic nitrogens is 2. The quantitative estimate of drug-likeness (QED) is 0.716. The number of hydrogen-bond donors (Lipinski definition) is 1. The number of para-hydroxylation sites is 1. The third kappa shape index (κ3) is 3.97. The Labute approximate surface area is 175 Å². The summed E-state index contributed by atoms with van der Waals surface area (Å²) in [6.45, 7) is 10.5. The summed E-state index contributed by atoms with van der Waals surface area (Å²) >= 11 is 1.45. The molecule has 152 valence electrons. The van der Waals surface area contributed by atoms with E-state index in [4.69, 9.17) is 0 Å². The Kier molecular flexibility index (Phi) is 5.52. The predicted molar refractivity (Wildman–Crippen MR) is 119 cm³/mol. The fourth-order valence-electron chi connectivity index (χ4n) is 3.96. The minimum atomic E-state index is -0.0456. The number of thiophene rings is 1. The first kappa shape index (κ1) is 19.8. The summed E-state index contributed by atoms with van der Waals surface area (Å²) in [6.07, 6.45) is 0. The van der Waals surface area contributed by atoms with E-state index in [0.29, 0.717) is 6.54 Å². The van der Waals surface area contributed by atoms with E-state index < -0.39 is 0 Å². The molecule has 0 aliphatic carbocycles. The van der Waals surface area contributed by atoms with Crippen LogP contribution in [0.5, 0.6) is 0 Å². The molecule has 1 aliphatic heterocycles. The topological polar surface area (TPSA) is 61.4 Å². The van der Waals surface area contributed by atoms with Crippen LogP contribution < -0.4 is 10.2 Å². The standard InChI is InChI=1S/C22H27N5OS/c1-14-19-15(2)24-16(3)25-22(19)29-20(14)21(28)23-13-17-7-5-6-8-18(17)27-11-9-26(4)10-12-27/h5-8H,9-13H2,1-4H3,(H,23,28). The molecule has 6 nitrogen and oxygen atoms in total. The van der Waals surface area contributed by atoms with Crippen molar-refractivity contribution in [2.45, 2.75) is 27.3 Å². The summed E-state index contributed by atoms with van der Waals surface area (Å²) in [5.74, 6) is 0.694. The molecule has 2 aromatic heterocycles. The summed E-state index contributed by atoms with van der Waals surface area (Å²) in [4.78, 5) is 28.3. The number of hydrogen-bond acceptors (Lipinski definition) is 6. The third-order valence-electron chi connectivity index (χ3n) is 5.56. The summed E-state index contributed by atoms with van der Waals surface area (Å²) in [5, 5.41) is 4.13. The van der Waals surface area contributed by atoms with Crippen LogP contribution in [0.1, 0.15) is 32.3 Å². The van der Waals surface area contributed by atoms with Gasteiger partial charge in [0, 0.05) is 49.5 Å². The van der Waals surface area contributed by atoms with Crippen LogP contribution in [0.3, 0.4) is 0 Å². The van der Waals surface area contributed by atoms with Gasteiger partial charge >= 0.3 is 0 Å². The van der Waals surface area contributed by atoms with Crippen molar-refractivity contribution < 1.29 is 4.79 Å². The lowest BCUT2D eigenvalue weighted by Gasteiger charge is -2.35. The molecule has 7 heteroatoms. The Morgan fingerprint density at radius 3 is 2.59 bits per heavy atom. The van der Waals surface area contributed by atoms with Crippen LogP contribution in [-0.4, -0.2) is 54.0 Å². The Balaban J connectivity index is 1.53. The van der Waals surface area contributed by atoms with Gasteiger partial charge in [0.1, 0.15) is 10.7 Å². The van der Waals surface area contributed by atoms with Gasteiger partial charge in [0.15, 0.2) is 0 Å². The maximum absolute atomic E-state index is 13.0. The van der Waals surface area contributed by atoms with Gasteiger partial charge in [-0.2, -0.15) is 0 Å². The lowest BCUT2D eigenvalue weighted by molar-refractivity contribution is 0.0954. The molecule has 0 radical (unpaired) electrons. The zero-order chi connectivity index (χ0) is 20.5. The van der Waals surface area contributed by atoms with Gasteiger partial charge in [0.2, 0.25) is 0 Å². The first-order valence-electron chi connectivity index (χ1n) is 9.98. The van der Waals surface area contributed by atoms with Gasteiger partial charge in [-0.25, -0.2) is 9.97 Å². The highest BCUT2D eigenvalue weighted by atomic mass is 32.1. The number of rotatable bonds is 4. The maximum Gasteiger partial charge on any atom is 0.261 e. The molecule has 0 saturated carbocycles. The normalized spacial score (nSPS) is 15.1. The van der Waals surface area contributed by atoms with Crippen molar-refractivity contribution in [3.63, 3.8) is 0 Å². The Morgan fingerprint density at radius 2 is 1.83 bits per heavy atom. The number of likely N-dealkylation sites (N-methyl/N-ethyl adjacent to an activating group) is 1. The molecule has 4 rings (SSSR count). The molecule has 1 saturated heterocycles. The molecule has 3 heterocycles. The number of piperazine rings is 1. The van der Waals surface area contributed by atoms with Crippen LogP contribution in [0.4, 0.5) is 5.69 Å². The molecule has 1 aliphatic rings. The third-order valence-corrected chi connectivity index (χ3v) is 6.75. The monoisotopic (exact) mass is 409 g/mol. The fourth-order valence-corrected chi connectivity index (χ4v) is 5.16. The molecule has 0 bridgehead atoms. The van der Waals surface area contributed by atoms with Crippen molar-refractivity contribution in [2.75, 3.05) is 38.1 Å². The number of benzene rings is 1. The molecule has 1 aromatic carbocycles. The van der Waals surface area contributed by atoms with Gasteiger partial charge in [-0.15, -0.1) is 11.3 Å². The van der Waals surface area contributed by atoms with E-state index >= 15 is 0 Å². The number of carbonyl (C=O) groups excluding carboxylic acids is 1. The smallest absolute Gasteiger partial charge is 0.261 e. The molecule has 0 spiro atoms. The van der Waals surface area contributed by atoms with E-state index in [-0.39, 0.29) is 5.91 Å².